The highest BCUT2D eigenvalue weighted by atomic mass is 35.5. The number of carbonyl (C=O) groups excluding carboxylic acids is 2. The average Bonchev–Trinajstić information content (AvgIpc) is 2.58. The third-order valence-electron chi connectivity index (χ3n) is 3.25. The van der Waals surface area contributed by atoms with E-state index in [4.69, 9.17) is 27.9 Å². The molecule has 1 unspecified atom stereocenters. The first kappa shape index (κ1) is 18.1. The Bertz CT molecular complexity index is 723. The van der Waals surface area contributed by atoms with Crippen LogP contribution in [0.25, 0.3) is 0 Å². The molecule has 5 nitrogen and oxygen atoms in total. The van der Waals surface area contributed by atoms with E-state index in [2.05, 4.69) is 10.6 Å². The van der Waals surface area contributed by atoms with E-state index in [1.807, 2.05) is 30.3 Å². The van der Waals surface area contributed by atoms with Gasteiger partial charge in [0, 0.05) is 12.1 Å². The molecule has 0 aliphatic carbocycles. The molecule has 7 heteroatoms. The fourth-order valence-electron chi connectivity index (χ4n) is 2.08. The number of hydrogen-bond donors (Lipinski definition) is 2. The molecule has 0 aliphatic rings. The molecule has 0 saturated carbocycles. The van der Waals surface area contributed by atoms with E-state index in [1.54, 1.807) is 12.1 Å². The first-order valence-electron chi connectivity index (χ1n) is 7.14. The van der Waals surface area contributed by atoms with Crippen LogP contribution in [0.5, 0.6) is 0 Å². The van der Waals surface area contributed by atoms with Crippen LogP contribution >= 0.6 is 23.2 Å². The van der Waals surface area contributed by atoms with Crippen LogP contribution in [0.4, 0.5) is 10.5 Å². The number of urea groups is 1. The summed E-state index contributed by atoms with van der Waals surface area (Å²) >= 11 is 11.7. The number of benzene rings is 2. The number of ether oxygens (including phenoxy) is 1. The number of amides is 2. The van der Waals surface area contributed by atoms with Gasteiger partial charge in [-0.15, -0.1) is 0 Å². The van der Waals surface area contributed by atoms with Gasteiger partial charge in [0.2, 0.25) is 0 Å². The molecule has 2 N–H and O–H groups in total. The molecule has 2 aromatic rings. The van der Waals surface area contributed by atoms with Gasteiger partial charge in [-0.2, -0.15) is 0 Å². The highest BCUT2D eigenvalue weighted by Crippen LogP contribution is 2.24. The number of nitrogens with one attached hydrogen (secondary N) is 2. The van der Waals surface area contributed by atoms with Crippen molar-refractivity contribution in [3.05, 3.63) is 64.1 Å². The summed E-state index contributed by atoms with van der Waals surface area (Å²) in [5.74, 6) is -0.525. The summed E-state index contributed by atoms with van der Waals surface area (Å²) in [5, 5.41) is 5.91. The molecule has 0 saturated heterocycles. The lowest BCUT2D eigenvalue weighted by molar-refractivity contribution is -0.142. The fraction of sp³-hybridized carbons (Fsp3) is 0.176. The Morgan fingerprint density at radius 3 is 2.42 bits per heavy atom. The third-order valence-corrected chi connectivity index (χ3v) is 3.99. The van der Waals surface area contributed by atoms with Gasteiger partial charge in [-0.25, -0.2) is 9.59 Å². The summed E-state index contributed by atoms with van der Waals surface area (Å²) in [6.07, 6.45) is 0.322. The van der Waals surface area contributed by atoms with E-state index in [0.29, 0.717) is 22.2 Å². The molecule has 2 amide bonds. The highest BCUT2D eigenvalue weighted by Gasteiger charge is 2.22. The van der Waals surface area contributed by atoms with Gasteiger partial charge in [-0.3, -0.25) is 0 Å². The van der Waals surface area contributed by atoms with Gasteiger partial charge in [0.1, 0.15) is 6.04 Å². The first-order valence-corrected chi connectivity index (χ1v) is 7.89. The number of esters is 1. The van der Waals surface area contributed by atoms with E-state index >= 15 is 0 Å². The van der Waals surface area contributed by atoms with Gasteiger partial charge < -0.3 is 15.4 Å². The summed E-state index contributed by atoms with van der Waals surface area (Å²) in [6.45, 7) is 0. The number of halogens is 2. The molecule has 126 valence electrons. The minimum atomic E-state index is -0.805. The van der Waals surface area contributed by atoms with Gasteiger partial charge in [-0.05, 0) is 23.8 Å². The number of carbonyl (C=O) groups is 2. The van der Waals surface area contributed by atoms with E-state index in [9.17, 15) is 9.59 Å². The third kappa shape index (κ3) is 5.15. The summed E-state index contributed by atoms with van der Waals surface area (Å²) < 4.78 is 4.75. The SMILES string of the molecule is COC(=O)C(Cc1ccccc1)NC(=O)Nc1ccc(Cl)c(Cl)c1. The van der Waals surface area contributed by atoms with Gasteiger partial charge in [0.15, 0.2) is 0 Å². The molecule has 0 aliphatic heterocycles. The molecule has 1 atom stereocenters. The maximum atomic E-state index is 12.1. The Hall–Kier alpha value is -2.24. The zero-order valence-electron chi connectivity index (χ0n) is 12.9. The van der Waals surface area contributed by atoms with Gasteiger partial charge >= 0.3 is 12.0 Å². The van der Waals surface area contributed by atoms with Crippen LogP contribution in [0.1, 0.15) is 5.56 Å². The molecule has 2 rings (SSSR count). The Morgan fingerprint density at radius 2 is 1.79 bits per heavy atom. The molecular weight excluding hydrogens is 351 g/mol. The van der Waals surface area contributed by atoms with Crippen LogP contribution in [0.15, 0.2) is 48.5 Å². The molecule has 0 fully saturated rings. The van der Waals surface area contributed by atoms with Crippen LogP contribution < -0.4 is 10.6 Å². The van der Waals surface area contributed by atoms with Crippen molar-refractivity contribution >= 4 is 40.9 Å². The predicted molar refractivity (Wildman–Crippen MR) is 94.6 cm³/mol. The summed E-state index contributed by atoms with van der Waals surface area (Å²) in [4.78, 5) is 24.0. The minimum Gasteiger partial charge on any atom is -0.467 e. The number of anilines is 1. The highest BCUT2D eigenvalue weighted by molar-refractivity contribution is 6.42. The topological polar surface area (TPSA) is 67.4 Å². The Morgan fingerprint density at radius 1 is 1.08 bits per heavy atom. The van der Waals surface area contributed by atoms with Crippen LogP contribution in [0.2, 0.25) is 10.0 Å². The van der Waals surface area contributed by atoms with Crippen molar-refractivity contribution in [3.63, 3.8) is 0 Å². The maximum Gasteiger partial charge on any atom is 0.328 e. The summed E-state index contributed by atoms with van der Waals surface area (Å²) in [6, 6.07) is 12.7. The maximum absolute atomic E-state index is 12.1. The molecule has 0 heterocycles. The summed E-state index contributed by atoms with van der Waals surface area (Å²) in [7, 11) is 1.28. The molecule has 0 bridgehead atoms. The number of methoxy groups -OCH3 is 1. The van der Waals surface area contributed by atoms with Gasteiger partial charge in [0.05, 0.1) is 17.2 Å². The van der Waals surface area contributed by atoms with Crippen LogP contribution in [0.3, 0.4) is 0 Å². The molecule has 24 heavy (non-hydrogen) atoms. The minimum absolute atomic E-state index is 0.322. The van der Waals surface area contributed by atoms with Crippen molar-refractivity contribution < 1.29 is 14.3 Å². The van der Waals surface area contributed by atoms with Gasteiger partial charge in [-0.1, -0.05) is 53.5 Å². The molecule has 0 aromatic heterocycles. The standard InChI is InChI=1S/C17H16Cl2N2O3/c1-24-16(22)15(9-11-5-3-2-4-6-11)21-17(23)20-12-7-8-13(18)14(19)10-12/h2-8,10,15H,9H2,1H3,(H2,20,21,23). The molecule has 0 radical (unpaired) electrons. The van der Waals surface area contributed by atoms with Crippen molar-refractivity contribution in [2.24, 2.45) is 0 Å². The van der Waals surface area contributed by atoms with Crippen molar-refractivity contribution in [2.45, 2.75) is 12.5 Å². The van der Waals surface area contributed by atoms with Crippen LogP contribution in [-0.2, 0) is 16.0 Å². The van der Waals surface area contributed by atoms with Crippen LogP contribution in [-0.4, -0.2) is 25.2 Å². The molecule has 0 spiro atoms. The normalized spacial score (nSPS) is 11.5. The smallest absolute Gasteiger partial charge is 0.328 e. The second kappa shape index (κ2) is 8.57. The van der Waals surface area contributed by atoms with E-state index < -0.39 is 18.0 Å². The van der Waals surface area contributed by atoms with Gasteiger partial charge in [0.25, 0.3) is 0 Å². The average molecular weight is 367 g/mol. The lowest BCUT2D eigenvalue weighted by Crippen LogP contribution is -2.45. The second-order valence-electron chi connectivity index (χ2n) is 4.99. The second-order valence-corrected chi connectivity index (χ2v) is 5.81. The van der Waals surface area contributed by atoms with Crippen molar-refractivity contribution in [2.75, 3.05) is 12.4 Å². The molecule has 2 aromatic carbocycles. The van der Waals surface area contributed by atoms with Crippen molar-refractivity contribution in [1.82, 2.24) is 5.32 Å². The Balaban J connectivity index is 2.03. The van der Waals surface area contributed by atoms with Crippen molar-refractivity contribution in [3.8, 4) is 0 Å². The monoisotopic (exact) mass is 366 g/mol. The zero-order valence-corrected chi connectivity index (χ0v) is 14.4. The van der Waals surface area contributed by atoms with E-state index in [1.165, 1.54) is 13.2 Å². The van der Waals surface area contributed by atoms with Crippen molar-refractivity contribution in [1.29, 1.82) is 0 Å². The predicted octanol–water partition coefficient (Wildman–Crippen LogP) is 3.90. The van der Waals surface area contributed by atoms with E-state index in [-0.39, 0.29) is 0 Å². The van der Waals surface area contributed by atoms with Crippen LogP contribution in [0, 0.1) is 0 Å². The lowest BCUT2D eigenvalue weighted by atomic mass is 10.1. The van der Waals surface area contributed by atoms with E-state index in [0.717, 1.165) is 5.56 Å². The molecular formula is C17H16Cl2N2O3. The first-order chi connectivity index (χ1) is 11.5. The number of hydrogen-bond acceptors (Lipinski definition) is 3. The fourth-order valence-corrected chi connectivity index (χ4v) is 2.38. The number of rotatable bonds is 5. The quantitative estimate of drug-likeness (QED) is 0.788. The largest absolute Gasteiger partial charge is 0.467 e. The summed E-state index contributed by atoms with van der Waals surface area (Å²) in [5.41, 5.74) is 1.37. The zero-order chi connectivity index (χ0) is 17.5. The Labute approximate surface area is 149 Å². The lowest BCUT2D eigenvalue weighted by Gasteiger charge is -2.17. The Kier molecular flexibility index (Phi) is 6.46.